The predicted octanol–water partition coefficient (Wildman–Crippen LogP) is 6.63. The zero-order valence-corrected chi connectivity index (χ0v) is 21.5. The Kier molecular flexibility index (Phi) is 6.60. The summed E-state index contributed by atoms with van der Waals surface area (Å²) in [4.78, 5) is 12.3. The van der Waals surface area contributed by atoms with E-state index >= 15 is 0 Å². The van der Waals surface area contributed by atoms with E-state index in [1.807, 2.05) is 19.1 Å². The van der Waals surface area contributed by atoms with E-state index in [2.05, 4.69) is 15.9 Å². The molecule has 0 spiro atoms. The normalized spacial score (nSPS) is 11.7. The number of aryl methyl sites for hydroxylation is 1. The van der Waals surface area contributed by atoms with Crippen LogP contribution >= 0.6 is 39.1 Å². The molecule has 0 aliphatic carbocycles. The van der Waals surface area contributed by atoms with E-state index in [1.165, 1.54) is 17.1 Å². The third-order valence-electron chi connectivity index (χ3n) is 5.35. The first-order valence-electron chi connectivity index (χ1n) is 9.81. The Morgan fingerprint density at radius 2 is 1.76 bits per heavy atom. The lowest BCUT2D eigenvalue weighted by molar-refractivity contribution is 0.0601. The summed E-state index contributed by atoms with van der Waals surface area (Å²) in [6.45, 7) is 1.91. The van der Waals surface area contributed by atoms with Crippen LogP contribution in [0.4, 0.5) is 0 Å². The number of ether oxygens (including phenoxy) is 1. The molecule has 9 heteroatoms. The highest BCUT2D eigenvalue weighted by atomic mass is 79.9. The molecule has 0 aliphatic heterocycles. The van der Waals surface area contributed by atoms with Gasteiger partial charge in [0.2, 0.25) is 0 Å². The summed E-state index contributed by atoms with van der Waals surface area (Å²) in [6, 6.07) is 16.7. The lowest BCUT2D eigenvalue weighted by Gasteiger charge is -2.15. The largest absolute Gasteiger partial charge is 0.465 e. The van der Waals surface area contributed by atoms with E-state index < -0.39 is 16.0 Å². The molecule has 0 unspecified atom stereocenters. The molecule has 0 N–H and O–H groups in total. The lowest BCUT2D eigenvalue weighted by Crippen LogP contribution is -2.16. The SMILES string of the molecule is COC(=O)c1ccc(Cl)c(Cc2cc3c(C)cc(Br)cc3n2S(=O)(=O)c2ccccc2)c1Cl. The van der Waals surface area contributed by atoms with E-state index in [0.29, 0.717) is 21.8 Å². The van der Waals surface area contributed by atoms with Gasteiger partial charge in [0.25, 0.3) is 10.0 Å². The van der Waals surface area contributed by atoms with Crippen LogP contribution in [-0.4, -0.2) is 25.5 Å². The Morgan fingerprint density at radius 1 is 1.06 bits per heavy atom. The molecule has 170 valence electrons. The number of halogens is 3. The summed E-state index contributed by atoms with van der Waals surface area (Å²) >= 11 is 16.4. The van der Waals surface area contributed by atoms with Gasteiger partial charge in [0, 0.05) is 27.0 Å². The summed E-state index contributed by atoms with van der Waals surface area (Å²) < 4.78 is 34.4. The third-order valence-corrected chi connectivity index (χ3v) is 8.37. The minimum Gasteiger partial charge on any atom is -0.465 e. The fourth-order valence-electron chi connectivity index (χ4n) is 3.79. The fraction of sp³-hybridized carbons (Fsp3) is 0.125. The van der Waals surface area contributed by atoms with Gasteiger partial charge in [-0.25, -0.2) is 17.2 Å². The second-order valence-corrected chi connectivity index (χ2v) is 10.9. The summed E-state index contributed by atoms with van der Waals surface area (Å²) in [5.74, 6) is -0.602. The highest BCUT2D eigenvalue weighted by Gasteiger charge is 2.26. The number of carbonyl (C=O) groups is 1. The number of hydrogen-bond acceptors (Lipinski definition) is 4. The Hall–Kier alpha value is -2.32. The standard InChI is InChI=1S/C24H18BrCl2NO4S/c1-14-10-15(25)11-22-19(14)12-16(28(22)33(30,31)17-6-4-3-5-7-17)13-20-21(26)9-8-18(23(20)27)24(29)32-2/h3-12H,13H2,1-2H3. The zero-order valence-electron chi connectivity index (χ0n) is 17.6. The number of esters is 1. The van der Waals surface area contributed by atoms with Crippen LogP contribution < -0.4 is 0 Å². The number of carbonyl (C=O) groups excluding carboxylic acids is 1. The quantitative estimate of drug-likeness (QED) is 0.254. The Morgan fingerprint density at radius 3 is 2.42 bits per heavy atom. The second kappa shape index (κ2) is 9.14. The minimum atomic E-state index is -3.95. The summed E-state index contributed by atoms with van der Waals surface area (Å²) in [5, 5.41) is 1.23. The monoisotopic (exact) mass is 565 g/mol. The number of hydrogen-bond donors (Lipinski definition) is 0. The van der Waals surface area contributed by atoms with Crippen molar-refractivity contribution in [3.63, 3.8) is 0 Å². The number of fused-ring (bicyclic) bond motifs is 1. The van der Waals surface area contributed by atoms with Crippen LogP contribution in [-0.2, 0) is 21.2 Å². The Labute approximate surface area is 210 Å². The third kappa shape index (κ3) is 4.30. The molecule has 3 aromatic carbocycles. The van der Waals surface area contributed by atoms with Gasteiger partial charge in [-0.2, -0.15) is 0 Å². The molecule has 1 heterocycles. The predicted molar refractivity (Wildman–Crippen MR) is 134 cm³/mol. The van der Waals surface area contributed by atoms with Crippen molar-refractivity contribution in [1.29, 1.82) is 0 Å². The highest BCUT2D eigenvalue weighted by Crippen LogP contribution is 2.35. The van der Waals surface area contributed by atoms with E-state index in [9.17, 15) is 13.2 Å². The number of nitrogens with zero attached hydrogens (tertiary/aromatic N) is 1. The smallest absolute Gasteiger partial charge is 0.339 e. The molecule has 0 aliphatic rings. The van der Waals surface area contributed by atoms with Crippen LogP contribution in [0.2, 0.25) is 10.0 Å². The molecule has 4 aromatic rings. The van der Waals surface area contributed by atoms with Crippen molar-refractivity contribution in [2.45, 2.75) is 18.2 Å². The highest BCUT2D eigenvalue weighted by molar-refractivity contribution is 9.10. The summed E-state index contributed by atoms with van der Waals surface area (Å²) in [6.07, 6.45) is 0.0836. The maximum atomic E-state index is 13.7. The summed E-state index contributed by atoms with van der Waals surface area (Å²) in [5.41, 5.74) is 2.48. The van der Waals surface area contributed by atoms with Crippen LogP contribution in [0.1, 0.15) is 27.2 Å². The lowest BCUT2D eigenvalue weighted by atomic mass is 10.1. The van der Waals surface area contributed by atoms with Crippen molar-refractivity contribution < 1.29 is 17.9 Å². The molecule has 33 heavy (non-hydrogen) atoms. The van der Waals surface area contributed by atoms with Crippen molar-refractivity contribution in [1.82, 2.24) is 3.97 Å². The fourth-order valence-corrected chi connectivity index (χ4v) is 6.47. The minimum absolute atomic E-state index is 0.0836. The van der Waals surface area contributed by atoms with E-state index in [4.69, 9.17) is 27.9 Å². The van der Waals surface area contributed by atoms with Crippen molar-refractivity contribution >= 4 is 66.0 Å². The van der Waals surface area contributed by atoms with Crippen molar-refractivity contribution in [3.05, 3.63) is 97.6 Å². The molecule has 0 radical (unpaired) electrons. The first kappa shape index (κ1) is 23.8. The molecule has 0 bridgehead atoms. The molecule has 5 nitrogen and oxygen atoms in total. The van der Waals surface area contributed by atoms with Crippen molar-refractivity contribution in [3.8, 4) is 0 Å². The number of rotatable bonds is 5. The Bertz CT molecular complexity index is 1500. The maximum absolute atomic E-state index is 13.7. The average Bonchev–Trinajstić information content (AvgIpc) is 3.16. The van der Waals surface area contributed by atoms with Gasteiger partial charge in [0.15, 0.2) is 0 Å². The van der Waals surface area contributed by atoms with Gasteiger partial charge in [-0.1, -0.05) is 57.3 Å². The van der Waals surface area contributed by atoms with Gasteiger partial charge in [0.1, 0.15) is 0 Å². The molecular formula is C24H18BrCl2NO4S. The number of methoxy groups -OCH3 is 1. The maximum Gasteiger partial charge on any atom is 0.339 e. The molecule has 0 fully saturated rings. The molecule has 0 saturated carbocycles. The van der Waals surface area contributed by atoms with Gasteiger partial charge >= 0.3 is 5.97 Å². The zero-order chi connectivity index (χ0) is 23.9. The van der Waals surface area contributed by atoms with E-state index in [-0.39, 0.29) is 21.9 Å². The number of benzene rings is 3. The molecular weight excluding hydrogens is 549 g/mol. The van der Waals surface area contributed by atoms with Crippen LogP contribution in [0, 0.1) is 6.92 Å². The topological polar surface area (TPSA) is 65.4 Å². The van der Waals surface area contributed by atoms with Gasteiger partial charge in [-0.15, -0.1) is 0 Å². The molecule has 0 saturated heterocycles. The van der Waals surface area contributed by atoms with Crippen LogP contribution in [0.25, 0.3) is 10.9 Å². The first-order valence-corrected chi connectivity index (χ1v) is 12.8. The van der Waals surface area contributed by atoms with Crippen molar-refractivity contribution in [2.75, 3.05) is 7.11 Å². The van der Waals surface area contributed by atoms with Crippen LogP contribution in [0.5, 0.6) is 0 Å². The van der Waals surface area contributed by atoms with Gasteiger partial charge in [-0.05, 0) is 60.5 Å². The molecule has 4 rings (SSSR count). The van der Waals surface area contributed by atoms with E-state index in [0.717, 1.165) is 15.4 Å². The molecule has 0 amide bonds. The van der Waals surface area contributed by atoms with Gasteiger partial charge < -0.3 is 4.74 Å². The van der Waals surface area contributed by atoms with E-state index in [1.54, 1.807) is 42.5 Å². The molecule has 1 aromatic heterocycles. The number of aromatic nitrogens is 1. The van der Waals surface area contributed by atoms with Crippen LogP contribution in [0.3, 0.4) is 0 Å². The summed E-state index contributed by atoms with van der Waals surface area (Å²) in [7, 11) is -2.68. The second-order valence-electron chi connectivity index (χ2n) is 7.43. The van der Waals surface area contributed by atoms with Gasteiger partial charge in [-0.3, -0.25) is 0 Å². The Balaban J connectivity index is 2.00. The molecule has 0 atom stereocenters. The average molecular weight is 567 g/mol. The van der Waals surface area contributed by atoms with Crippen molar-refractivity contribution in [2.24, 2.45) is 0 Å². The van der Waals surface area contributed by atoms with Gasteiger partial charge in [0.05, 0.1) is 28.1 Å². The van der Waals surface area contributed by atoms with Crippen LogP contribution in [0.15, 0.2) is 70.0 Å². The first-order chi connectivity index (χ1) is 15.6.